The third-order valence-electron chi connectivity index (χ3n) is 2.83. The predicted octanol–water partition coefficient (Wildman–Crippen LogP) is 2.44. The van der Waals surface area contributed by atoms with Crippen molar-refractivity contribution in [3.8, 4) is 6.07 Å². The fourth-order valence-electron chi connectivity index (χ4n) is 1.99. The van der Waals surface area contributed by atoms with Gasteiger partial charge in [-0.3, -0.25) is 0 Å². The second-order valence-electron chi connectivity index (χ2n) is 3.70. The minimum atomic E-state index is -0.131. The number of hydrogen-bond donors (Lipinski definition) is 0. The largest absolute Gasteiger partial charge is 0.303 e. The van der Waals surface area contributed by atoms with E-state index in [4.69, 9.17) is 5.26 Å². The molecule has 2 heteroatoms. The standard InChI is InChI=1S/C10H15NO/c11-8-4-7-10(9-12)5-2-1-3-6-10/h9H,1-7H2. The molecule has 0 atom stereocenters. The van der Waals surface area contributed by atoms with Gasteiger partial charge >= 0.3 is 0 Å². The molecule has 0 amide bonds. The SMILES string of the molecule is N#CCCC1(C=O)CCCCC1. The quantitative estimate of drug-likeness (QED) is 0.602. The molecule has 0 saturated heterocycles. The number of hydrogen-bond acceptors (Lipinski definition) is 2. The van der Waals surface area contributed by atoms with E-state index in [9.17, 15) is 4.79 Å². The van der Waals surface area contributed by atoms with Crippen molar-refractivity contribution in [2.24, 2.45) is 5.41 Å². The molecule has 0 spiro atoms. The topological polar surface area (TPSA) is 40.9 Å². The van der Waals surface area contributed by atoms with E-state index in [2.05, 4.69) is 6.07 Å². The van der Waals surface area contributed by atoms with Crippen LogP contribution in [0.2, 0.25) is 0 Å². The van der Waals surface area contributed by atoms with Crippen LogP contribution in [0.3, 0.4) is 0 Å². The smallest absolute Gasteiger partial charge is 0.126 e. The molecule has 2 nitrogen and oxygen atoms in total. The summed E-state index contributed by atoms with van der Waals surface area (Å²) in [6.45, 7) is 0. The van der Waals surface area contributed by atoms with Crippen molar-refractivity contribution in [2.75, 3.05) is 0 Å². The highest BCUT2D eigenvalue weighted by molar-refractivity contribution is 5.59. The van der Waals surface area contributed by atoms with Gasteiger partial charge in [-0.05, 0) is 19.3 Å². The summed E-state index contributed by atoms with van der Waals surface area (Å²) >= 11 is 0. The zero-order chi connectivity index (χ0) is 8.86. The molecule has 0 unspecified atom stereocenters. The lowest BCUT2D eigenvalue weighted by Gasteiger charge is -2.31. The summed E-state index contributed by atoms with van der Waals surface area (Å²) in [7, 11) is 0. The van der Waals surface area contributed by atoms with Gasteiger partial charge in [0.2, 0.25) is 0 Å². The molecule has 0 aromatic heterocycles. The molecule has 0 aromatic rings. The molecule has 1 rings (SSSR count). The van der Waals surface area contributed by atoms with Gasteiger partial charge in [0.05, 0.1) is 6.07 Å². The Balaban J connectivity index is 2.49. The van der Waals surface area contributed by atoms with E-state index < -0.39 is 0 Å². The van der Waals surface area contributed by atoms with Crippen molar-refractivity contribution < 1.29 is 4.79 Å². The van der Waals surface area contributed by atoms with Crippen LogP contribution in [0.4, 0.5) is 0 Å². The average molecular weight is 165 g/mol. The first-order valence-electron chi connectivity index (χ1n) is 4.66. The third kappa shape index (κ3) is 2.07. The molecule has 0 heterocycles. The Morgan fingerprint density at radius 2 is 2.00 bits per heavy atom. The van der Waals surface area contributed by atoms with Gasteiger partial charge in [-0.15, -0.1) is 0 Å². The van der Waals surface area contributed by atoms with E-state index in [1.807, 2.05) is 0 Å². The lowest BCUT2D eigenvalue weighted by Crippen LogP contribution is -2.25. The summed E-state index contributed by atoms with van der Waals surface area (Å²) in [6.07, 6.45) is 7.95. The Morgan fingerprint density at radius 3 is 2.50 bits per heavy atom. The molecule has 0 N–H and O–H groups in total. The van der Waals surface area contributed by atoms with Gasteiger partial charge in [-0.25, -0.2) is 0 Å². The summed E-state index contributed by atoms with van der Waals surface area (Å²) < 4.78 is 0. The number of nitrogens with zero attached hydrogens (tertiary/aromatic N) is 1. The first-order chi connectivity index (χ1) is 5.83. The Kier molecular flexibility index (Phi) is 3.28. The summed E-state index contributed by atoms with van der Waals surface area (Å²) in [6, 6.07) is 2.12. The predicted molar refractivity (Wildman–Crippen MR) is 46.4 cm³/mol. The van der Waals surface area contributed by atoms with Gasteiger partial charge in [-0.2, -0.15) is 5.26 Å². The molecule has 12 heavy (non-hydrogen) atoms. The molecule has 1 aliphatic carbocycles. The number of nitriles is 1. The van der Waals surface area contributed by atoms with Crippen LogP contribution in [-0.2, 0) is 4.79 Å². The Bertz CT molecular complexity index is 187. The number of rotatable bonds is 3. The molecule has 0 aromatic carbocycles. The Hall–Kier alpha value is -0.840. The summed E-state index contributed by atoms with van der Waals surface area (Å²) in [4.78, 5) is 10.9. The Labute approximate surface area is 73.6 Å². The van der Waals surface area contributed by atoms with E-state index in [1.54, 1.807) is 0 Å². The van der Waals surface area contributed by atoms with Crippen LogP contribution in [0.1, 0.15) is 44.9 Å². The van der Waals surface area contributed by atoms with E-state index in [-0.39, 0.29) is 5.41 Å². The molecule has 0 bridgehead atoms. The van der Waals surface area contributed by atoms with Crippen molar-refractivity contribution in [2.45, 2.75) is 44.9 Å². The summed E-state index contributed by atoms with van der Waals surface area (Å²) in [5.74, 6) is 0. The zero-order valence-electron chi connectivity index (χ0n) is 7.38. The number of carbonyl (C=O) groups is 1. The Morgan fingerprint density at radius 1 is 1.33 bits per heavy atom. The normalized spacial score (nSPS) is 21.2. The lowest BCUT2D eigenvalue weighted by molar-refractivity contribution is -0.118. The highest BCUT2D eigenvalue weighted by atomic mass is 16.1. The molecule has 66 valence electrons. The molecular weight excluding hydrogens is 150 g/mol. The van der Waals surface area contributed by atoms with Gasteiger partial charge in [0.25, 0.3) is 0 Å². The maximum absolute atomic E-state index is 10.9. The minimum Gasteiger partial charge on any atom is -0.303 e. The van der Waals surface area contributed by atoms with Crippen LogP contribution in [0.15, 0.2) is 0 Å². The third-order valence-corrected chi connectivity index (χ3v) is 2.83. The lowest BCUT2D eigenvalue weighted by atomic mass is 9.72. The van der Waals surface area contributed by atoms with Crippen LogP contribution in [0, 0.1) is 16.7 Å². The average Bonchev–Trinajstić information content (AvgIpc) is 2.16. The molecule has 1 saturated carbocycles. The second-order valence-corrected chi connectivity index (χ2v) is 3.70. The van der Waals surface area contributed by atoms with Crippen LogP contribution in [-0.4, -0.2) is 6.29 Å². The van der Waals surface area contributed by atoms with Crippen LogP contribution in [0.5, 0.6) is 0 Å². The zero-order valence-corrected chi connectivity index (χ0v) is 7.38. The van der Waals surface area contributed by atoms with Gasteiger partial charge in [-0.1, -0.05) is 19.3 Å². The van der Waals surface area contributed by atoms with E-state index in [0.29, 0.717) is 6.42 Å². The molecule has 1 aliphatic rings. The van der Waals surface area contributed by atoms with E-state index in [0.717, 1.165) is 38.4 Å². The first kappa shape index (κ1) is 9.25. The van der Waals surface area contributed by atoms with E-state index in [1.165, 1.54) is 6.42 Å². The molecule has 1 fully saturated rings. The maximum Gasteiger partial charge on any atom is 0.126 e. The van der Waals surface area contributed by atoms with Crippen LogP contribution < -0.4 is 0 Å². The van der Waals surface area contributed by atoms with Crippen LogP contribution >= 0.6 is 0 Å². The molecular formula is C10H15NO. The van der Waals surface area contributed by atoms with Gasteiger partial charge in [0.1, 0.15) is 6.29 Å². The van der Waals surface area contributed by atoms with Crippen molar-refractivity contribution in [1.29, 1.82) is 5.26 Å². The van der Waals surface area contributed by atoms with Crippen LogP contribution in [0.25, 0.3) is 0 Å². The van der Waals surface area contributed by atoms with Gasteiger partial charge < -0.3 is 4.79 Å². The highest BCUT2D eigenvalue weighted by Gasteiger charge is 2.30. The summed E-state index contributed by atoms with van der Waals surface area (Å²) in [5.41, 5.74) is -0.131. The van der Waals surface area contributed by atoms with Crippen molar-refractivity contribution in [1.82, 2.24) is 0 Å². The molecule has 0 radical (unpaired) electrons. The van der Waals surface area contributed by atoms with Gasteiger partial charge in [0.15, 0.2) is 0 Å². The summed E-state index contributed by atoms with van der Waals surface area (Å²) in [5, 5.41) is 8.44. The minimum absolute atomic E-state index is 0.131. The fraction of sp³-hybridized carbons (Fsp3) is 0.800. The molecule has 0 aliphatic heterocycles. The van der Waals surface area contributed by atoms with Gasteiger partial charge in [0, 0.05) is 11.8 Å². The monoisotopic (exact) mass is 165 g/mol. The number of aldehydes is 1. The second kappa shape index (κ2) is 4.25. The maximum atomic E-state index is 10.9. The fourth-order valence-corrected chi connectivity index (χ4v) is 1.99. The van der Waals surface area contributed by atoms with Crippen molar-refractivity contribution in [3.63, 3.8) is 0 Å². The van der Waals surface area contributed by atoms with Crippen molar-refractivity contribution >= 4 is 6.29 Å². The van der Waals surface area contributed by atoms with Crippen molar-refractivity contribution in [3.05, 3.63) is 0 Å². The highest BCUT2D eigenvalue weighted by Crippen LogP contribution is 2.38. The number of carbonyl (C=O) groups excluding carboxylic acids is 1. The van der Waals surface area contributed by atoms with E-state index >= 15 is 0 Å². The first-order valence-corrected chi connectivity index (χ1v) is 4.66.